The molecule has 2 heterocycles. The van der Waals surface area contributed by atoms with E-state index >= 15 is 0 Å². The number of ether oxygens (including phenoxy) is 1. The zero-order chi connectivity index (χ0) is 17.6. The summed E-state index contributed by atoms with van der Waals surface area (Å²) in [6.45, 7) is 0.0297. The number of amides is 1. The van der Waals surface area contributed by atoms with Gasteiger partial charge in [-0.1, -0.05) is 15.9 Å². The predicted molar refractivity (Wildman–Crippen MR) is 96.8 cm³/mol. The fourth-order valence-electron chi connectivity index (χ4n) is 2.01. The van der Waals surface area contributed by atoms with E-state index in [1.54, 1.807) is 18.5 Å². The van der Waals surface area contributed by atoms with Gasteiger partial charge >= 0.3 is 0 Å². The Morgan fingerprint density at radius 3 is 2.84 bits per heavy atom. The molecule has 3 rings (SSSR count). The first-order valence-corrected chi connectivity index (χ1v) is 8.98. The first-order chi connectivity index (χ1) is 12.1. The van der Waals surface area contributed by atoms with Gasteiger partial charge in [-0.2, -0.15) is 0 Å². The molecule has 0 aliphatic rings. The molecule has 3 aromatic rings. The molecule has 0 saturated heterocycles. The van der Waals surface area contributed by atoms with Crippen LogP contribution in [0.2, 0.25) is 0 Å². The number of aromatic nitrogens is 2. The summed E-state index contributed by atoms with van der Waals surface area (Å²) in [5.74, 6) is -0.834. The number of rotatable bonds is 6. The van der Waals surface area contributed by atoms with Gasteiger partial charge in [-0.05, 0) is 30.3 Å². The van der Waals surface area contributed by atoms with Crippen LogP contribution in [0.1, 0.15) is 5.01 Å². The lowest BCUT2D eigenvalue weighted by Crippen LogP contribution is -2.28. The third-order valence-corrected chi connectivity index (χ3v) is 4.56. The number of pyridine rings is 1. The van der Waals surface area contributed by atoms with Crippen LogP contribution in [-0.4, -0.2) is 22.5 Å². The summed E-state index contributed by atoms with van der Waals surface area (Å²) in [5.41, 5.74) is 1.81. The summed E-state index contributed by atoms with van der Waals surface area (Å²) in [6.07, 6.45) is 3.41. The Balaban J connectivity index is 1.50. The van der Waals surface area contributed by atoms with E-state index in [0.717, 1.165) is 16.3 Å². The van der Waals surface area contributed by atoms with Crippen LogP contribution in [0.4, 0.5) is 4.39 Å². The lowest BCUT2D eigenvalue weighted by atomic mass is 10.2. The minimum atomic E-state index is -0.524. The van der Waals surface area contributed by atoms with Crippen LogP contribution in [0.5, 0.6) is 5.75 Å². The van der Waals surface area contributed by atoms with E-state index in [9.17, 15) is 9.18 Å². The Morgan fingerprint density at radius 2 is 2.08 bits per heavy atom. The zero-order valence-corrected chi connectivity index (χ0v) is 15.3. The number of halogens is 2. The average molecular weight is 422 g/mol. The molecule has 8 heteroatoms. The molecule has 0 bridgehead atoms. The van der Waals surface area contributed by atoms with Gasteiger partial charge in [0.15, 0.2) is 18.2 Å². The van der Waals surface area contributed by atoms with E-state index in [1.807, 2.05) is 17.5 Å². The van der Waals surface area contributed by atoms with Crippen LogP contribution in [-0.2, 0) is 11.3 Å². The maximum atomic E-state index is 13.6. The molecular weight excluding hydrogens is 409 g/mol. The minimum Gasteiger partial charge on any atom is -0.481 e. The molecule has 0 spiro atoms. The van der Waals surface area contributed by atoms with Gasteiger partial charge in [0.1, 0.15) is 5.01 Å². The first kappa shape index (κ1) is 17.5. The second-order valence-electron chi connectivity index (χ2n) is 5.00. The van der Waals surface area contributed by atoms with E-state index in [-0.39, 0.29) is 18.3 Å². The topological polar surface area (TPSA) is 64.1 Å². The lowest BCUT2D eigenvalue weighted by molar-refractivity contribution is -0.123. The zero-order valence-electron chi connectivity index (χ0n) is 12.9. The van der Waals surface area contributed by atoms with Gasteiger partial charge in [0.05, 0.1) is 12.2 Å². The molecule has 5 nitrogen and oxygen atoms in total. The van der Waals surface area contributed by atoms with Crippen molar-refractivity contribution in [3.05, 3.63) is 63.4 Å². The third-order valence-electron chi connectivity index (χ3n) is 3.22. The normalized spacial score (nSPS) is 10.5. The van der Waals surface area contributed by atoms with Crippen LogP contribution in [0.3, 0.4) is 0 Å². The maximum Gasteiger partial charge on any atom is 0.258 e. The summed E-state index contributed by atoms with van der Waals surface area (Å²) in [4.78, 5) is 20.3. The van der Waals surface area contributed by atoms with Crippen LogP contribution >= 0.6 is 27.3 Å². The van der Waals surface area contributed by atoms with Crippen molar-refractivity contribution in [1.29, 1.82) is 0 Å². The maximum absolute atomic E-state index is 13.6. The second kappa shape index (κ2) is 8.17. The van der Waals surface area contributed by atoms with Crippen molar-refractivity contribution in [2.75, 3.05) is 6.61 Å². The molecule has 0 saturated carbocycles. The molecule has 1 amide bonds. The Kier molecular flexibility index (Phi) is 5.72. The Labute approximate surface area is 156 Å². The molecule has 2 aromatic heterocycles. The highest BCUT2D eigenvalue weighted by atomic mass is 79.9. The number of nitrogens with zero attached hydrogens (tertiary/aromatic N) is 2. The Bertz CT molecular complexity index is 873. The first-order valence-electron chi connectivity index (χ1n) is 7.31. The number of hydrogen-bond acceptors (Lipinski definition) is 5. The number of nitrogens with one attached hydrogen (secondary N) is 1. The van der Waals surface area contributed by atoms with Crippen molar-refractivity contribution in [2.45, 2.75) is 6.54 Å². The highest BCUT2D eigenvalue weighted by molar-refractivity contribution is 9.10. The van der Waals surface area contributed by atoms with E-state index in [2.05, 4.69) is 31.2 Å². The van der Waals surface area contributed by atoms with Gasteiger partial charge in [-0.15, -0.1) is 11.3 Å². The SMILES string of the molecule is O=C(COc1ccc(Br)cc1F)NCc1nc(-c2ccncc2)cs1. The van der Waals surface area contributed by atoms with Crippen LogP contribution in [0.15, 0.2) is 52.6 Å². The molecule has 0 radical (unpaired) electrons. The Hall–Kier alpha value is -2.32. The molecule has 25 heavy (non-hydrogen) atoms. The van der Waals surface area contributed by atoms with Crippen molar-refractivity contribution >= 4 is 33.2 Å². The molecule has 0 aliphatic carbocycles. The number of carbonyl (C=O) groups is 1. The summed E-state index contributed by atoms with van der Waals surface area (Å²) in [6, 6.07) is 8.14. The van der Waals surface area contributed by atoms with E-state index in [0.29, 0.717) is 11.0 Å². The van der Waals surface area contributed by atoms with Gasteiger partial charge in [-0.3, -0.25) is 9.78 Å². The predicted octanol–water partition coefficient (Wildman–Crippen LogP) is 3.80. The molecule has 0 atom stereocenters. The van der Waals surface area contributed by atoms with Crippen molar-refractivity contribution in [3.63, 3.8) is 0 Å². The largest absolute Gasteiger partial charge is 0.481 e. The average Bonchev–Trinajstić information content (AvgIpc) is 3.09. The van der Waals surface area contributed by atoms with Gasteiger partial charge in [0.25, 0.3) is 5.91 Å². The Morgan fingerprint density at radius 1 is 1.28 bits per heavy atom. The smallest absolute Gasteiger partial charge is 0.258 e. The third kappa shape index (κ3) is 4.83. The van der Waals surface area contributed by atoms with Gasteiger partial charge < -0.3 is 10.1 Å². The van der Waals surface area contributed by atoms with E-state index in [1.165, 1.54) is 23.5 Å². The monoisotopic (exact) mass is 421 g/mol. The van der Waals surface area contributed by atoms with Crippen molar-refractivity contribution < 1.29 is 13.9 Å². The highest BCUT2D eigenvalue weighted by Gasteiger charge is 2.09. The summed E-state index contributed by atoms with van der Waals surface area (Å²) < 4.78 is 19.4. The fraction of sp³-hybridized carbons (Fsp3) is 0.118. The van der Waals surface area contributed by atoms with Crippen molar-refractivity contribution in [3.8, 4) is 17.0 Å². The summed E-state index contributed by atoms with van der Waals surface area (Å²) in [5, 5.41) is 5.40. The summed E-state index contributed by atoms with van der Waals surface area (Å²) in [7, 11) is 0. The number of benzene rings is 1. The molecule has 1 N–H and O–H groups in total. The molecule has 0 fully saturated rings. The van der Waals surface area contributed by atoms with Crippen molar-refractivity contribution in [2.24, 2.45) is 0 Å². The number of carbonyl (C=O) groups excluding carboxylic acids is 1. The van der Waals surface area contributed by atoms with E-state index < -0.39 is 5.82 Å². The fourth-order valence-corrected chi connectivity index (χ4v) is 3.08. The molecule has 0 unspecified atom stereocenters. The molecule has 128 valence electrons. The van der Waals surface area contributed by atoms with E-state index in [4.69, 9.17) is 4.74 Å². The van der Waals surface area contributed by atoms with Gasteiger partial charge in [-0.25, -0.2) is 9.37 Å². The van der Waals surface area contributed by atoms with Crippen LogP contribution in [0.25, 0.3) is 11.3 Å². The highest BCUT2D eigenvalue weighted by Crippen LogP contribution is 2.22. The second-order valence-corrected chi connectivity index (χ2v) is 6.86. The number of thiazole rings is 1. The lowest BCUT2D eigenvalue weighted by Gasteiger charge is -2.07. The molecule has 0 aliphatic heterocycles. The van der Waals surface area contributed by atoms with Crippen LogP contribution in [0, 0.1) is 5.82 Å². The minimum absolute atomic E-state index is 0.0348. The standard InChI is InChI=1S/C17H13BrFN3O2S/c18-12-1-2-15(13(19)7-12)24-9-16(23)21-8-17-22-14(10-25-17)11-3-5-20-6-4-11/h1-7,10H,8-9H2,(H,21,23). The quantitative estimate of drug-likeness (QED) is 0.657. The number of hydrogen-bond donors (Lipinski definition) is 1. The summed E-state index contributed by atoms with van der Waals surface area (Å²) >= 11 is 4.61. The van der Waals surface area contributed by atoms with Gasteiger partial charge in [0.2, 0.25) is 0 Å². The van der Waals surface area contributed by atoms with Crippen LogP contribution < -0.4 is 10.1 Å². The molecular formula is C17H13BrFN3O2S. The van der Waals surface area contributed by atoms with Crippen molar-refractivity contribution in [1.82, 2.24) is 15.3 Å². The molecule has 1 aromatic carbocycles. The van der Waals surface area contributed by atoms with Gasteiger partial charge in [0, 0.05) is 27.8 Å².